The largest absolute Gasteiger partial charge is 2.00 e. The molecular weight excluding hydrogens is 415 g/mol. The van der Waals surface area contributed by atoms with Crippen LogP contribution in [0.3, 0.4) is 0 Å². The third kappa shape index (κ3) is 218. The Labute approximate surface area is 109 Å². The van der Waals surface area contributed by atoms with E-state index in [1.807, 2.05) is 0 Å². The van der Waals surface area contributed by atoms with Crippen molar-refractivity contribution < 1.29 is 60.0 Å². The van der Waals surface area contributed by atoms with Crippen molar-refractivity contribution in [3.8, 4) is 0 Å². The Balaban J connectivity index is -0.00000000600. The molecule has 8 N–H and O–H groups in total. The summed E-state index contributed by atoms with van der Waals surface area (Å²) >= 11 is 0. The van der Waals surface area contributed by atoms with Crippen molar-refractivity contribution in [1.29, 1.82) is 0 Å². The minimum absolute atomic E-state index is 0. The summed E-state index contributed by atoms with van der Waals surface area (Å²) in [6.45, 7) is 2.39. The summed E-state index contributed by atoms with van der Waals surface area (Å²) in [6, 6.07) is 0. The van der Waals surface area contributed by atoms with E-state index < -0.39 is 0 Å². The Kier molecular flexibility index (Phi) is 417. The molecule has 0 aliphatic heterocycles. The predicted molar refractivity (Wildman–Crippen MR) is 39.0 cm³/mol. The molecule has 0 saturated carbocycles. The van der Waals surface area contributed by atoms with Crippen LogP contribution in [-0.2, 0) is 60.0 Å². The number of hydrogen-bond acceptors (Lipinski definition) is 4. The van der Waals surface area contributed by atoms with Crippen molar-refractivity contribution >= 4 is 0 Å². The summed E-state index contributed by atoms with van der Waals surface area (Å²) in [4.78, 5) is 0. The van der Waals surface area contributed by atoms with Crippen LogP contribution >= 0.6 is 0 Å². The molecule has 0 unspecified atom stereocenters. The molecule has 0 fully saturated rings. The van der Waals surface area contributed by atoms with E-state index in [4.69, 9.17) is 22.9 Å². The van der Waals surface area contributed by atoms with Gasteiger partial charge < -0.3 is 44.8 Å². The van der Waals surface area contributed by atoms with E-state index in [1.165, 1.54) is 0 Å². The summed E-state index contributed by atoms with van der Waals surface area (Å²) in [5.74, 6) is 0. The number of nitrogens with two attached hydrogens (primary N) is 4. The van der Waals surface area contributed by atoms with Crippen LogP contribution in [0.5, 0.6) is 0 Å². The van der Waals surface area contributed by atoms with Gasteiger partial charge in [0.15, 0.2) is 0 Å². The van der Waals surface area contributed by atoms with Gasteiger partial charge in [0.05, 0.1) is 0 Å². The molecule has 0 saturated heterocycles. The maximum atomic E-state index is 4.90. The van der Waals surface area contributed by atoms with Crippen LogP contribution < -0.4 is 22.9 Å². The molecule has 99 valence electrons. The first-order valence-corrected chi connectivity index (χ1v) is 2.63. The van der Waals surface area contributed by atoms with Crippen molar-refractivity contribution in [2.45, 2.75) is 0 Å². The molecule has 0 bridgehead atoms. The zero-order valence-corrected chi connectivity index (χ0v) is 11.4. The van der Waals surface area contributed by atoms with E-state index in [2.05, 4.69) is 0 Å². The summed E-state index contributed by atoms with van der Waals surface area (Å²) in [6.07, 6.45) is 0. The summed E-state index contributed by atoms with van der Waals surface area (Å²) in [7, 11) is 0. The van der Waals surface area contributed by atoms with Crippen molar-refractivity contribution in [2.24, 2.45) is 22.9 Å². The van der Waals surface area contributed by atoms with E-state index in [-0.39, 0.29) is 60.0 Å². The molecule has 0 aromatic carbocycles. The molecule has 0 amide bonds. The Bertz CT molecular complexity index is 37.3. The van der Waals surface area contributed by atoms with E-state index in [0.717, 1.165) is 0 Å². The van der Waals surface area contributed by atoms with Crippen LogP contribution in [0.2, 0.25) is 0 Å². The monoisotopic (exact) mass is 431 g/mol. The van der Waals surface area contributed by atoms with Gasteiger partial charge in [-0.15, -0.1) is 0 Å². The molecule has 8 nitrogen and oxygen atoms in total. The Morgan fingerprint density at radius 1 is 0.500 bits per heavy atom. The molecule has 0 aliphatic carbocycles. The van der Waals surface area contributed by atoms with Crippen LogP contribution in [0.4, 0.5) is 0 Å². The first kappa shape index (κ1) is 60.5. The van der Waals surface area contributed by atoms with E-state index >= 15 is 0 Å². The molecule has 0 heterocycles. The minimum atomic E-state index is 0. The topological polar surface area (TPSA) is 218 Å². The Morgan fingerprint density at radius 3 is 0.571 bits per heavy atom. The Hall–Kier alpha value is 0.888. The molecule has 1 radical (unpaired) electrons. The van der Waals surface area contributed by atoms with Crippen LogP contribution in [0.25, 0.3) is 0 Å². The van der Waals surface area contributed by atoms with Crippen molar-refractivity contribution in [1.82, 2.24) is 0 Å². The molecule has 0 atom stereocenters. The summed E-state index contributed by atoms with van der Waals surface area (Å²) in [5, 5.41) is 0. The second-order valence-electron chi connectivity index (χ2n) is 1.15. The number of rotatable bonds is 2. The molecule has 10 heteroatoms. The quantitative estimate of drug-likeness (QED) is 0.343. The summed E-state index contributed by atoms with van der Waals surface area (Å²) in [5.41, 5.74) is 19.6. The fourth-order valence-corrected chi connectivity index (χ4v) is 0. The van der Waals surface area contributed by atoms with Crippen molar-refractivity contribution in [2.75, 3.05) is 26.2 Å². The molecule has 0 rings (SSSR count). The maximum Gasteiger partial charge on any atom is 2.00 e. The molecular formula is C4H16CuN4O4W-6. The first-order valence-electron chi connectivity index (χ1n) is 2.63. The predicted octanol–water partition coefficient (Wildman–Crippen LogP) is -2.67. The van der Waals surface area contributed by atoms with Gasteiger partial charge in [0, 0.05) is 47.2 Å². The first-order chi connectivity index (χ1) is 3.83. The van der Waals surface area contributed by atoms with Gasteiger partial charge in [-0.2, -0.15) is 0 Å². The van der Waals surface area contributed by atoms with Crippen LogP contribution in [0.15, 0.2) is 0 Å². The average Bonchev–Trinajstić information content (AvgIpc) is 1.88. The SMILES string of the molecule is NCCN.NCCN.[Cu+2].[O-2].[O-2].[O-2].[O-2].[W]. The molecule has 0 spiro atoms. The molecule has 0 aromatic heterocycles. The van der Waals surface area contributed by atoms with E-state index in [9.17, 15) is 0 Å². The van der Waals surface area contributed by atoms with E-state index in [1.54, 1.807) is 0 Å². The fourth-order valence-electron chi connectivity index (χ4n) is 0. The summed E-state index contributed by atoms with van der Waals surface area (Å²) < 4.78 is 0. The maximum absolute atomic E-state index is 4.90. The van der Waals surface area contributed by atoms with Gasteiger partial charge in [0.1, 0.15) is 0 Å². The standard InChI is InChI=1S/2C2H8N2.Cu.4O.W/c2*3-1-2-4;;;;;;/h2*1-4H2;;;;;;/q;;+2;4*-2;. The van der Waals surface area contributed by atoms with Crippen molar-refractivity contribution in [3.63, 3.8) is 0 Å². The second-order valence-corrected chi connectivity index (χ2v) is 1.15. The second kappa shape index (κ2) is 96.6. The van der Waals surface area contributed by atoms with Gasteiger partial charge in [0.25, 0.3) is 0 Å². The molecule has 14 heavy (non-hydrogen) atoms. The number of hydrogen-bond donors (Lipinski definition) is 4. The smallest absolute Gasteiger partial charge is 2.00 e. The third-order valence-corrected chi connectivity index (χ3v) is 0.333. The van der Waals surface area contributed by atoms with Gasteiger partial charge >= 0.3 is 17.1 Å². The van der Waals surface area contributed by atoms with Gasteiger partial charge in [-0.05, 0) is 0 Å². The van der Waals surface area contributed by atoms with Crippen LogP contribution in [-0.4, -0.2) is 26.2 Å². The normalized spacial score (nSPS) is 4.29. The van der Waals surface area contributed by atoms with Crippen molar-refractivity contribution in [3.05, 3.63) is 0 Å². The average molecular weight is 432 g/mol. The van der Waals surface area contributed by atoms with Gasteiger partial charge in [0.2, 0.25) is 0 Å². The Morgan fingerprint density at radius 2 is 0.571 bits per heavy atom. The van der Waals surface area contributed by atoms with E-state index in [0.29, 0.717) is 26.2 Å². The minimum Gasteiger partial charge on any atom is -2.00 e. The van der Waals surface area contributed by atoms with Crippen LogP contribution in [0, 0.1) is 0 Å². The van der Waals surface area contributed by atoms with Gasteiger partial charge in [-0.3, -0.25) is 0 Å². The third-order valence-electron chi connectivity index (χ3n) is 0.333. The molecule has 0 aromatic rings. The van der Waals surface area contributed by atoms with Crippen LogP contribution in [0.1, 0.15) is 0 Å². The zero-order chi connectivity index (χ0) is 6.83. The fraction of sp³-hybridized carbons (Fsp3) is 1.00. The molecule has 0 aliphatic rings. The van der Waals surface area contributed by atoms with Gasteiger partial charge in [-0.1, -0.05) is 0 Å². The van der Waals surface area contributed by atoms with Gasteiger partial charge in [-0.25, -0.2) is 0 Å². The zero-order valence-electron chi connectivity index (χ0n) is 7.48.